The lowest BCUT2D eigenvalue weighted by atomic mass is 10.1. The van der Waals surface area contributed by atoms with Crippen molar-refractivity contribution in [3.8, 4) is 5.69 Å². The summed E-state index contributed by atoms with van der Waals surface area (Å²) in [6, 6.07) is 16.2. The second kappa shape index (κ2) is 9.49. The van der Waals surface area contributed by atoms with Crippen molar-refractivity contribution < 1.29 is 13.6 Å². The highest BCUT2D eigenvalue weighted by atomic mass is 19.1. The highest BCUT2D eigenvalue weighted by Gasteiger charge is 2.13. The van der Waals surface area contributed by atoms with Crippen molar-refractivity contribution in [2.24, 2.45) is 0 Å². The second-order valence-corrected chi connectivity index (χ2v) is 7.24. The van der Waals surface area contributed by atoms with E-state index < -0.39 is 11.6 Å². The molecule has 1 amide bonds. The molecule has 0 aliphatic heterocycles. The highest BCUT2D eigenvalue weighted by Crippen LogP contribution is 2.19. The maximum Gasteiger partial charge on any atom is 0.255 e. The number of amides is 1. The third-order valence-corrected chi connectivity index (χ3v) is 5.01. The average molecular weight is 433 g/mol. The molecule has 0 radical (unpaired) electrons. The molecule has 4 rings (SSSR count). The van der Waals surface area contributed by atoms with Gasteiger partial charge in [0, 0.05) is 42.4 Å². The number of benzene rings is 2. The van der Waals surface area contributed by atoms with Crippen LogP contribution in [0.3, 0.4) is 0 Å². The third kappa shape index (κ3) is 4.87. The Morgan fingerprint density at radius 3 is 2.38 bits per heavy atom. The maximum atomic E-state index is 13.9. The molecular formula is C24H21F2N5O. The van der Waals surface area contributed by atoms with Crippen LogP contribution in [0, 0.1) is 11.6 Å². The molecule has 0 aliphatic carbocycles. The zero-order valence-corrected chi connectivity index (χ0v) is 17.3. The van der Waals surface area contributed by atoms with Gasteiger partial charge < -0.3 is 10.6 Å². The molecule has 0 spiro atoms. The Kier molecular flexibility index (Phi) is 6.32. The summed E-state index contributed by atoms with van der Waals surface area (Å²) in [6.07, 6.45) is 4.67. The molecule has 0 aliphatic rings. The smallest absolute Gasteiger partial charge is 0.255 e. The van der Waals surface area contributed by atoms with Crippen molar-refractivity contribution in [2.45, 2.75) is 19.5 Å². The summed E-state index contributed by atoms with van der Waals surface area (Å²) in [7, 11) is 0. The third-order valence-electron chi connectivity index (χ3n) is 5.01. The summed E-state index contributed by atoms with van der Waals surface area (Å²) >= 11 is 0. The van der Waals surface area contributed by atoms with Gasteiger partial charge in [0.15, 0.2) is 11.6 Å². The standard InChI is InChI=1S/C24H21F2N5O/c1-16(17-5-7-19(8-6-17)29-24(32)18-9-12-27-13-10-18)28-15-20-11-14-31(30-20)23-21(25)3-2-4-22(23)26/h2-14,16,28H,15H2,1H3,(H,29,32). The Labute approximate surface area is 183 Å². The van der Waals surface area contributed by atoms with Gasteiger partial charge in [-0.2, -0.15) is 5.10 Å². The maximum absolute atomic E-state index is 13.9. The SMILES string of the molecule is CC(NCc1ccn(-c2c(F)cccc2F)n1)c1ccc(NC(=O)c2ccncc2)cc1. The predicted molar refractivity (Wildman–Crippen MR) is 117 cm³/mol. The van der Waals surface area contributed by atoms with Crippen LogP contribution in [-0.2, 0) is 6.54 Å². The Morgan fingerprint density at radius 2 is 1.69 bits per heavy atom. The number of para-hydroxylation sites is 1. The van der Waals surface area contributed by atoms with Gasteiger partial charge in [0.05, 0.1) is 5.69 Å². The van der Waals surface area contributed by atoms with Crippen molar-refractivity contribution in [3.63, 3.8) is 0 Å². The van der Waals surface area contributed by atoms with Crippen LogP contribution < -0.4 is 10.6 Å². The summed E-state index contributed by atoms with van der Waals surface area (Å²) in [4.78, 5) is 16.1. The minimum atomic E-state index is -0.669. The zero-order chi connectivity index (χ0) is 22.5. The number of carbonyl (C=O) groups is 1. The summed E-state index contributed by atoms with van der Waals surface area (Å²) < 4.78 is 29.1. The van der Waals surface area contributed by atoms with Crippen LogP contribution in [0.2, 0.25) is 0 Å². The van der Waals surface area contributed by atoms with Gasteiger partial charge in [-0.15, -0.1) is 0 Å². The van der Waals surface area contributed by atoms with Crippen molar-refractivity contribution in [3.05, 3.63) is 108 Å². The van der Waals surface area contributed by atoms with Crippen molar-refractivity contribution >= 4 is 11.6 Å². The van der Waals surface area contributed by atoms with Crippen molar-refractivity contribution in [1.82, 2.24) is 20.1 Å². The van der Waals surface area contributed by atoms with E-state index in [4.69, 9.17) is 0 Å². The summed E-state index contributed by atoms with van der Waals surface area (Å²) in [6.45, 7) is 2.42. The number of nitrogens with one attached hydrogen (secondary N) is 2. The summed E-state index contributed by atoms with van der Waals surface area (Å²) in [5, 5.41) is 10.5. The van der Waals surface area contributed by atoms with Gasteiger partial charge >= 0.3 is 0 Å². The molecule has 6 nitrogen and oxygen atoms in total. The first-order valence-corrected chi connectivity index (χ1v) is 10.0. The van der Waals surface area contributed by atoms with Gasteiger partial charge in [0.1, 0.15) is 5.69 Å². The minimum Gasteiger partial charge on any atom is -0.322 e. The fourth-order valence-electron chi connectivity index (χ4n) is 3.23. The van der Waals surface area contributed by atoms with Crippen LogP contribution in [0.1, 0.15) is 34.6 Å². The molecule has 0 saturated heterocycles. The summed E-state index contributed by atoms with van der Waals surface area (Å²) in [5.74, 6) is -1.54. The number of hydrogen-bond donors (Lipinski definition) is 2. The Morgan fingerprint density at radius 1 is 1.00 bits per heavy atom. The van der Waals surface area contributed by atoms with E-state index in [1.54, 1.807) is 30.6 Å². The van der Waals surface area contributed by atoms with Gasteiger partial charge in [-0.3, -0.25) is 9.78 Å². The number of nitrogens with zero attached hydrogens (tertiary/aromatic N) is 3. The number of carbonyl (C=O) groups excluding carboxylic acids is 1. The van der Waals surface area contributed by atoms with Crippen LogP contribution in [0.4, 0.5) is 14.5 Å². The molecule has 2 heterocycles. The molecule has 2 aromatic heterocycles. The molecule has 0 saturated carbocycles. The van der Waals surface area contributed by atoms with Crippen LogP contribution in [0.5, 0.6) is 0 Å². The average Bonchev–Trinajstić information content (AvgIpc) is 3.27. The van der Waals surface area contributed by atoms with Crippen LogP contribution in [0.25, 0.3) is 5.69 Å². The fourth-order valence-corrected chi connectivity index (χ4v) is 3.23. The molecule has 4 aromatic rings. The minimum absolute atomic E-state index is 0.00435. The van der Waals surface area contributed by atoms with E-state index in [0.717, 1.165) is 5.56 Å². The highest BCUT2D eigenvalue weighted by molar-refractivity contribution is 6.04. The lowest BCUT2D eigenvalue weighted by molar-refractivity contribution is 0.102. The Balaban J connectivity index is 1.35. The molecule has 2 aromatic carbocycles. The molecule has 0 fully saturated rings. The van der Waals surface area contributed by atoms with Crippen LogP contribution in [-0.4, -0.2) is 20.7 Å². The fraction of sp³-hybridized carbons (Fsp3) is 0.125. The molecule has 1 unspecified atom stereocenters. The molecule has 0 bridgehead atoms. The molecule has 8 heteroatoms. The van der Waals surface area contributed by atoms with Gasteiger partial charge in [-0.1, -0.05) is 18.2 Å². The molecule has 1 atom stereocenters. The first kappa shape index (κ1) is 21.3. The number of halogens is 2. The van der Waals surface area contributed by atoms with Gasteiger partial charge in [0.25, 0.3) is 5.91 Å². The van der Waals surface area contributed by atoms with Gasteiger partial charge in [-0.25, -0.2) is 13.5 Å². The van der Waals surface area contributed by atoms with E-state index >= 15 is 0 Å². The molecule has 2 N–H and O–H groups in total. The number of rotatable bonds is 7. The van der Waals surface area contributed by atoms with Gasteiger partial charge in [-0.05, 0) is 55.0 Å². The largest absolute Gasteiger partial charge is 0.322 e. The number of pyridine rings is 1. The van der Waals surface area contributed by atoms with E-state index in [1.807, 2.05) is 31.2 Å². The van der Waals surface area contributed by atoms with E-state index in [9.17, 15) is 13.6 Å². The Hall–Kier alpha value is -3.91. The monoisotopic (exact) mass is 433 g/mol. The van der Waals surface area contributed by atoms with E-state index in [-0.39, 0.29) is 17.6 Å². The van der Waals surface area contributed by atoms with Crippen LogP contribution >= 0.6 is 0 Å². The molecular weight excluding hydrogens is 412 g/mol. The number of anilines is 1. The molecule has 32 heavy (non-hydrogen) atoms. The normalized spacial score (nSPS) is 11.8. The quantitative estimate of drug-likeness (QED) is 0.445. The first-order chi connectivity index (χ1) is 15.5. The first-order valence-electron chi connectivity index (χ1n) is 10.0. The van der Waals surface area contributed by atoms with E-state index in [1.165, 1.54) is 29.1 Å². The Bertz CT molecular complexity index is 1190. The second-order valence-electron chi connectivity index (χ2n) is 7.24. The number of hydrogen-bond acceptors (Lipinski definition) is 4. The van der Waals surface area contributed by atoms with Crippen LogP contribution in [0.15, 0.2) is 79.3 Å². The number of aromatic nitrogens is 3. The van der Waals surface area contributed by atoms with E-state index in [2.05, 4.69) is 20.7 Å². The van der Waals surface area contributed by atoms with Crippen molar-refractivity contribution in [2.75, 3.05) is 5.32 Å². The summed E-state index contributed by atoms with van der Waals surface area (Å²) in [5.41, 5.74) is 2.70. The molecule has 162 valence electrons. The predicted octanol–water partition coefficient (Wildman–Crippen LogP) is 4.65. The van der Waals surface area contributed by atoms with Crippen molar-refractivity contribution in [1.29, 1.82) is 0 Å². The van der Waals surface area contributed by atoms with Gasteiger partial charge in [0.2, 0.25) is 0 Å². The zero-order valence-electron chi connectivity index (χ0n) is 17.3. The lowest BCUT2D eigenvalue weighted by Crippen LogP contribution is -2.18. The van der Waals surface area contributed by atoms with E-state index in [0.29, 0.717) is 23.5 Å². The topological polar surface area (TPSA) is 71.8 Å². The lowest BCUT2D eigenvalue weighted by Gasteiger charge is -2.14.